The van der Waals surface area contributed by atoms with Gasteiger partial charge in [-0.05, 0) is 56.9 Å². The van der Waals surface area contributed by atoms with Crippen molar-refractivity contribution in [3.63, 3.8) is 0 Å². The highest BCUT2D eigenvalue weighted by Crippen LogP contribution is 2.17. The number of carbonyl (C=O) groups is 2. The molecule has 0 aromatic heterocycles. The molecule has 150 valence electrons. The Morgan fingerprint density at radius 3 is 2.44 bits per heavy atom. The van der Waals surface area contributed by atoms with E-state index in [9.17, 15) is 18.0 Å². The van der Waals surface area contributed by atoms with E-state index in [1.165, 1.54) is 19.4 Å². The highest BCUT2D eigenvalue weighted by molar-refractivity contribution is 7.89. The Bertz CT molecular complexity index is 785. The van der Waals surface area contributed by atoms with Gasteiger partial charge in [-0.25, -0.2) is 8.42 Å². The topological polar surface area (TPSA) is 102 Å². The van der Waals surface area contributed by atoms with Gasteiger partial charge in [-0.2, -0.15) is 4.72 Å². The molecule has 1 unspecified atom stereocenters. The van der Waals surface area contributed by atoms with Gasteiger partial charge < -0.3 is 10.1 Å². The van der Waals surface area contributed by atoms with Crippen molar-refractivity contribution in [2.24, 2.45) is 0 Å². The van der Waals surface area contributed by atoms with Gasteiger partial charge in [0, 0.05) is 6.04 Å². The van der Waals surface area contributed by atoms with Crippen LogP contribution in [0.4, 0.5) is 0 Å². The summed E-state index contributed by atoms with van der Waals surface area (Å²) >= 11 is 0. The van der Waals surface area contributed by atoms with E-state index in [0.29, 0.717) is 0 Å². The second kappa shape index (κ2) is 9.32. The van der Waals surface area contributed by atoms with E-state index in [-0.39, 0.29) is 16.8 Å². The van der Waals surface area contributed by atoms with E-state index in [1.807, 2.05) is 13.8 Å². The number of hydrogen-bond donors (Lipinski definition) is 2. The Morgan fingerprint density at radius 2 is 1.81 bits per heavy atom. The van der Waals surface area contributed by atoms with Crippen LogP contribution in [0.1, 0.15) is 50.2 Å². The van der Waals surface area contributed by atoms with E-state index in [4.69, 9.17) is 4.74 Å². The number of rotatable bonds is 7. The normalized spacial score (nSPS) is 16.6. The van der Waals surface area contributed by atoms with Crippen molar-refractivity contribution in [1.29, 1.82) is 0 Å². The minimum Gasteiger partial charge on any atom is -0.452 e. The molecule has 8 heteroatoms. The fourth-order valence-electron chi connectivity index (χ4n) is 2.98. The quantitative estimate of drug-likeness (QED) is 0.686. The number of sulfonamides is 1. The highest BCUT2D eigenvalue weighted by atomic mass is 32.2. The molecule has 1 aliphatic carbocycles. The smallest absolute Gasteiger partial charge is 0.321 e. The molecule has 7 nitrogen and oxygen atoms in total. The third-order valence-electron chi connectivity index (χ3n) is 4.82. The Balaban J connectivity index is 1.83. The predicted molar refractivity (Wildman–Crippen MR) is 102 cm³/mol. The second-order valence-electron chi connectivity index (χ2n) is 7.05. The first-order valence-electron chi connectivity index (χ1n) is 9.26. The number of carbonyl (C=O) groups excluding carboxylic acids is 2. The van der Waals surface area contributed by atoms with Crippen molar-refractivity contribution in [3.05, 3.63) is 29.3 Å². The zero-order valence-electron chi connectivity index (χ0n) is 16.1. The van der Waals surface area contributed by atoms with Gasteiger partial charge >= 0.3 is 5.97 Å². The maximum Gasteiger partial charge on any atom is 0.321 e. The maximum absolute atomic E-state index is 12.3. The third kappa shape index (κ3) is 6.32. The molecule has 1 saturated carbocycles. The molecule has 0 aliphatic heterocycles. The number of esters is 1. The van der Waals surface area contributed by atoms with Gasteiger partial charge in [-0.15, -0.1) is 0 Å². The van der Waals surface area contributed by atoms with Crippen LogP contribution < -0.4 is 10.0 Å². The van der Waals surface area contributed by atoms with Crippen molar-refractivity contribution in [2.75, 3.05) is 6.54 Å². The van der Waals surface area contributed by atoms with Crippen LogP contribution in [0.5, 0.6) is 0 Å². The molecule has 0 spiro atoms. The molecule has 0 bridgehead atoms. The minimum atomic E-state index is -3.82. The average Bonchev–Trinajstić information content (AvgIpc) is 2.63. The summed E-state index contributed by atoms with van der Waals surface area (Å²) < 4.78 is 31.8. The number of ether oxygens (including phenoxy) is 1. The lowest BCUT2D eigenvalue weighted by Crippen LogP contribution is -2.43. The average molecular weight is 397 g/mol. The zero-order chi connectivity index (χ0) is 20.0. The highest BCUT2D eigenvalue weighted by Gasteiger charge is 2.23. The standard InChI is InChI=1S/C19H28N2O5S/c1-13-9-10-17(11-14(13)2)27(24,25)20-12-18(22)26-15(3)19(23)21-16-7-5-4-6-8-16/h9-11,15-16,20H,4-8,12H2,1-3H3,(H,21,23). The van der Waals surface area contributed by atoms with E-state index < -0.39 is 28.6 Å². The van der Waals surface area contributed by atoms with Gasteiger partial charge in [-0.3, -0.25) is 9.59 Å². The van der Waals surface area contributed by atoms with Gasteiger partial charge in [0.1, 0.15) is 6.54 Å². The van der Waals surface area contributed by atoms with Crippen molar-refractivity contribution < 1.29 is 22.7 Å². The van der Waals surface area contributed by atoms with Crippen LogP contribution in [0.2, 0.25) is 0 Å². The fraction of sp³-hybridized carbons (Fsp3) is 0.579. The summed E-state index contributed by atoms with van der Waals surface area (Å²) in [5.74, 6) is -1.15. The summed E-state index contributed by atoms with van der Waals surface area (Å²) in [5.41, 5.74) is 1.82. The first-order chi connectivity index (χ1) is 12.7. The lowest BCUT2D eigenvalue weighted by Gasteiger charge is -2.24. The molecule has 0 heterocycles. The van der Waals surface area contributed by atoms with Crippen LogP contribution in [-0.2, 0) is 24.3 Å². The molecule has 1 aliphatic rings. The summed E-state index contributed by atoms with van der Waals surface area (Å²) in [6.45, 7) is 4.65. The van der Waals surface area contributed by atoms with E-state index in [2.05, 4.69) is 10.0 Å². The summed E-state index contributed by atoms with van der Waals surface area (Å²) in [4.78, 5) is 24.1. The number of amides is 1. The van der Waals surface area contributed by atoms with Crippen molar-refractivity contribution in [3.8, 4) is 0 Å². The molecular weight excluding hydrogens is 368 g/mol. The van der Waals surface area contributed by atoms with Crippen LogP contribution in [0.15, 0.2) is 23.1 Å². The summed E-state index contributed by atoms with van der Waals surface area (Å²) in [5, 5.41) is 2.88. The van der Waals surface area contributed by atoms with Crippen LogP contribution in [0, 0.1) is 13.8 Å². The molecule has 1 aromatic carbocycles. The number of nitrogens with one attached hydrogen (secondary N) is 2. The van der Waals surface area contributed by atoms with Crippen LogP contribution in [0.25, 0.3) is 0 Å². The lowest BCUT2D eigenvalue weighted by molar-refractivity contribution is -0.154. The molecule has 27 heavy (non-hydrogen) atoms. The molecule has 1 atom stereocenters. The molecule has 2 N–H and O–H groups in total. The van der Waals surface area contributed by atoms with Crippen molar-refractivity contribution in [2.45, 2.75) is 69.9 Å². The second-order valence-corrected chi connectivity index (χ2v) is 8.81. The Hall–Kier alpha value is -1.93. The van der Waals surface area contributed by atoms with E-state index in [1.54, 1.807) is 12.1 Å². The van der Waals surface area contributed by atoms with E-state index in [0.717, 1.165) is 36.8 Å². The molecule has 1 fully saturated rings. The summed E-state index contributed by atoms with van der Waals surface area (Å²) in [6, 6.07) is 4.86. The van der Waals surface area contributed by atoms with Gasteiger partial charge in [0.2, 0.25) is 10.0 Å². The Labute approximate surface area is 160 Å². The van der Waals surface area contributed by atoms with E-state index >= 15 is 0 Å². The first-order valence-corrected chi connectivity index (χ1v) is 10.7. The Morgan fingerprint density at radius 1 is 1.15 bits per heavy atom. The molecule has 1 amide bonds. The zero-order valence-corrected chi connectivity index (χ0v) is 16.9. The minimum absolute atomic E-state index is 0.0847. The molecule has 0 saturated heterocycles. The SMILES string of the molecule is Cc1ccc(S(=O)(=O)NCC(=O)OC(C)C(=O)NC2CCCCC2)cc1C. The van der Waals surface area contributed by atoms with Crippen LogP contribution >= 0.6 is 0 Å². The molecule has 2 rings (SSSR count). The molecule has 1 aromatic rings. The number of aryl methyl sites for hydroxylation is 2. The van der Waals surface area contributed by atoms with Gasteiger partial charge in [0.25, 0.3) is 5.91 Å². The largest absolute Gasteiger partial charge is 0.452 e. The van der Waals surface area contributed by atoms with Crippen molar-refractivity contribution >= 4 is 21.9 Å². The van der Waals surface area contributed by atoms with Crippen molar-refractivity contribution in [1.82, 2.24) is 10.0 Å². The predicted octanol–water partition coefficient (Wildman–Crippen LogP) is 1.96. The van der Waals surface area contributed by atoms with Gasteiger partial charge in [0.15, 0.2) is 6.10 Å². The monoisotopic (exact) mass is 396 g/mol. The molecule has 0 radical (unpaired) electrons. The fourth-order valence-corrected chi connectivity index (χ4v) is 4.03. The number of hydrogen-bond acceptors (Lipinski definition) is 5. The Kier molecular flexibility index (Phi) is 7.38. The first kappa shape index (κ1) is 21.4. The van der Waals surface area contributed by atoms with Gasteiger partial charge in [-0.1, -0.05) is 25.3 Å². The summed E-state index contributed by atoms with van der Waals surface area (Å²) in [6.07, 6.45) is 4.24. The summed E-state index contributed by atoms with van der Waals surface area (Å²) in [7, 11) is -3.82. The van der Waals surface area contributed by atoms with Gasteiger partial charge in [0.05, 0.1) is 4.90 Å². The van der Waals surface area contributed by atoms with Crippen LogP contribution in [-0.4, -0.2) is 39.0 Å². The maximum atomic E-state index is 12.3. The van der Waals surface area contributed by atoms with Crippen LogP contribution in [0.3, 0.4) is 0 Å². The third-order valence-corrected chi connectivity index (χ3v) is 6.22. The number of benzene rings is 1. The lowest BCUT2D eigenvalue weighted by atomic mass is 9.95. The molecular formula is C19H28N2O5S.